The fourth-order valence-corrected chi connectivity index (χ4v) is 0.860. The van der Waals surface area contributed by atoms with E-state index in [2.05, 4.69) is 15.1 Å². The van der Waals surface area contributed by atoms with E-state index in [-0.39, 0.29) is 11.6 Å². The highest BCUT2D eigenvalue weighted by atomic mass is 127. The van der Waals surface area contributed by atoms with Crippen LogP contribution in [0.2, 0.25) is 0 Å². The number of rotatable bonds is 1. The first kappa shape index (κ1) is 7.32. The summed E-state index contributed by atoms with van der Waals surface area (Å²) in [5, 5.41) is 3.06. The molecule has 0 aliphatic rings. The molecular weight excluding hydrogens is 245 g/mol. The lowest BCUT2D eigenvalue weighted by Gasteiger charge is -1.94. The predicted octanol–water partition coefficient (Wildman–Crippen LogP) is 1.33. The Bertz CT molecular complexity index is 260. The van der Waals surface area contributed by atoms with Crippen LogP contribution >= 0.6 is 22.6 Å². The zero-order valence-corrected chi connectivity index (χ0v) is 7.03. The molecule has 0 amide bonds. The van der Waals surface area contributed by atoms with Gasteiger partial charge >= 0.3 is 0 Å². The molecule has 10 heavy (non-hydrogen) atoms. The molecule has 0 spiro atoms. The fourth-order valence-electron chi connectivity index (χ4n) is 0.461. The Balaban J connectivity index is 3.19. The highest BCUT2D eigenvalue weighted by Crippen LogP contribution is 2.15. The van der Waals surface area contributed by atoms with Crippen LogP contribution in [0.5, 0.6) is 0 Å². The van der Waals surface area contributed by atoms with E-state index in [1.165, 1.54) is 6.20 Å². The minimum absolute atomic E-state index is 0.167. The Morgan fingerprint density at radius 3 is 2.90 bits per heavy atom. The second kappa shape index (κ2) is 2.86. The Morgan fingerprint density at radius 2 is 2.40 bits per heavy atom. The summed E-state index contributed by atoms with van der Waals surface area (Å²) in [6, 6.07) is 0. The van der Waals surface area contributed by atoms with E-state index in [9.17, 15) is 0 Å². The highest BCUT2D eigenvalue weighted by molar-refractivity contribution is 14.1. The number of anilines is 1. The molecular formula is C4H4IN5. The molecule has 1 aromatic heterocycles. The number of nitrogens with zero attached hydrogens (tertiary/aromatic N) is 3. The van der Waals surface area contributed by atoms with Crippen molar-refractivity contribution in [1.29, 1.82) is 5.53 Å². The number of nitrogens with one attached hydrogen (secondary N) is 1. The summed E-state index contributed by atoms with van der Waals surface area (Å²) < 4.78 is 0.697. The summed E-state index contributed by atoms with van der Waals surface area (Å²) in [4.78, 5) is 7.58. The fraction of sp³-hybridized carbons (Fsp3) is 0. The van der Waals surface area contributed by atoms with Gasteiger partial charge in [-0.2, -0.15) is 0 Å². The van der Waals surface area contributed by atoms with Crippen molar-refractivity contribution in [3.05, 3.63) is 9.90 Å². The van der Waals surface area contributed by atoms with Gasteiger partial charge in [-0.25, -0.2) is 15.5 Å². The van der Waals surface area contributed by atoms with Crippen molar-refractivity contribution >= 4 is 34.2 Å². The quantitative estimate of drug-likeness (QED) is 0.581. The minimum atomic E-state index is 0.167. The molecule has 0 bridgehead atoms. The molecule has 5 nitrogen and oxygen atoms in total. The van der Waals surface area contributed by atoms with E-state index >= 15 is 0 Å². The van der Waals surface area contributed by atoms with Crippen molar-refractivity contribution in [2.75, 3.05) is 5.73 Å². The van der Waals surface area contributed by atoms with Gasteiger partial charge in [-0.1, -0.05) is 0 Å². The Morgan fingerprint density at radius 1 is 1.70 bits per heavy atom. The van der Waals surface area contributed by atoms with E-state index in [1.54, 1.807) is 0 Å². The normalized spacial score (nSPS) is 9.30. The third-order valence-electron chi connectivity index (χ3n) is 0.856. The van der Waals surface area contributed by atoms with Gasteiger partial charge in [0, 0.05) is 0 Å². The number of hydrogen-bond acceptors (Lipinski definition) is 5. The summed E-state index contributed by atoms with van der Waals surface area (Å²) in [7, 11) is 0. The first-order chi connectivity index (χ1) is 4.74. The molecule has 1 rings (SSSR count). The molecule has 6 heteroatoms. The van der Waals surface area contributed by atoms with Crippen LogP contribution in [0.3, 0.4) is 0 Å². The first-order valence-corrected chi connectivity index (χ1v) is 3.47. The number of nitrogens with two attached hydrogens (primary N) is 1. The van der Waals surface area contributed by atoms with Crippen LogP contribution in [0.4, 0.5) is 11.6 Å². The van der Waals surface area contributed by atoms with E-state index in [4.69, 9.17) is 11.3 Å². The molecule has 52 valence electrons. The molecule has 1 heterocycles. The number of hydrogen-bond donors (Lipinski definition) is 2. The number of nitrogen functional groups attached to an aromatic ring is 1. The molecule has 3 N–H and O–H groups in total. The molecule has 0 fully saturated rings. The molecule has 0 saturated heterocycles. The maximum atomic E-state index is 6.60. The van der Waals surface area contributed by atoms with Crippen LogP contribution in [0.25, 0.3) is 0 Å². The van der Waals surface area contributed by atoms with Gasteiger partial charge in [-0.05, 0) is 22.6 Å². The average Bonchev–Trinajstić information content (AvgIpc) is 1.88. The largest absolute Gasteiger partial charge is 0.380 e. The van der Waals surface area contributed by atoms with Gasteiger partial charge < -0.3 is 5.73 Å². The standard InChI is InChI=1S/C4H4IN5/c5-2-1-8-4(10-7)3(6)9-2/h1,7H,(H2,6,9). The lowest BCUT2D eigenvalue weighted by molar-refractivity contribution is 1.06. The average molecular weight is 249 g/mol. The van der Waals surface area contributed by atoms with Gasteiger partial charge in [0.15, 0.2) is 5.82 Å². The molecule has 1 aromatic rings. The van der Waals surface area contributed by atoms with Gasteiger partial charge in [0.05, 0.1) is 6.20 Å². The van der Waals surface area contributed by atoms with Crippen LogP contribution in [-0.2, 0) is 0 Å². The summed E-state index contributed by atoms with van der Waals surface area (Å²) in [5.41, 5.74) is 11.9. The Hall–Kier alpha value is -0.790. The van der Waals surface area contributed by atoms with Crippen molar-refractivity contribution in [3.8, 4) is 0 Å². The third-order valence-corrected chi connectivity index (χ3v) is 1.38. The smallest absolute Gasteiger partial charge is 0.216 e. The van der Waals surface area contributed by atoms with Gasteiger partial charge in [-0.15, -0.1) is 5.11 Å². The summed E-state index contributed by atoms with van der Waals surface area (Å²) >= 11 is 1.98. The second-order valence-corrected chi connectivity index (χ2v) is 2.62. The number of halogens is 1. The molecule has 0 unspecified atom stereocenters. The summed E-state index contributed by atoms with van der Waals surface area (Å²) in [6.07, 6.45) is 1.50. The first-order valence-electron chi connectivity index (χ1n) is 2.39. The van der Waals surface area contributed by atoms with Crippen LogP contribution < -0.4 is 5.73 Å². The Labute approximate surface area is 70.7 Å². The van der Waals surface area contributed by atoms with Crippen LogP contribution in [0, 0.1) is 9.23 Å². The van der Waals surface area contributed by atoms with E-state index in [0.717, 1.165) is 0 Å². The minimum Gasteiger partial charge on any atom is -0.380 e. The summed E-state index contributed by atoms with van der Waals surface area (Å²) in [6.45, 7) is 0. The van der Waals surface area contributed by atoms with Crippen LogP contribution in [-0.4, -0.2) is 9.97 Å². The maximum Gasteiger partial charge on any atom is 0.216 e. The highest BCUT2D eigenvalue weighted by Gasteiger charge is 1.99. The topological polar surface area (TPSA) is 88.0 Å². The lowest BCUT2D eigenvalue weighted by atomic mass is 10.6. The molecule has 0 aliphatic heterocycles. The van der Waals surface area contributed by atoms with Crippen molar-refractivity contribution in [2.45, 2.75) is 0 Å². The van der Waals surface area contributed by atoms with Crippen molar-refractivity contribution in [2.24, 2.45) is 5.11 Å². The zero-order chi connectivity index (χ0) is 7.56. The van der Waals surface area contributed by atoms with Gasteiger partial charge in [-0.3, -0.25) is 0 Å². The van der Waals surface area contributed by atoms with Crippen molar-refractivity contribution < 1.29 is 0 Å². The Kier molecular flexibility index (Phi) is 2.10. The van der Waals surface area contributed by atoms with Gasteiger partial charge in [0.2, 0.25) is 5.82 Å². The third kappa shape index (κ3) is 1.38. The zero-order valence-electron chi connectivity index (χ0n) is 4.87. The maximum absolute atomic E-state index is 6.60. The summed E-state index contributed by atoms with van der Waals surface area (Å²) in [5.74, 6) is 0.363. The van der Waals surface area contributed by atoms with E-state index in [0.29, 0.717) is 3.70 Å². The monoisotopic (exact) mass is 249 g/mol. The molecule has 0 atom stereocenters. The van der Waals surface area contributed by atoms with Gasteiger partial charge in [0.25, 0.3) is 0 Å². The molecule has 0 aliphatic carbocycles. The van der Waals surface area contributed by atoms with Crippen LogP contribution in [0.1, 0.15) is 0 Å². The molecule has 0 saturated carbocycles. The van der Waals surface area contributed by atoms with Gasteiger partial charge in [0.1, 0.15) is 3.70 Å². The lowest BCUT2D eigenvalue weighted by Crippen LogP contribution is -1.93. The van der Waals surface area contributed by atoms with Crippen LogP contribution in [0.15, 0.2) is 11.3 Å². The number of aromatic nitrogens is 2. The second-order valence-electron chi connectivity index (χ2n) is 1.51. The molecule has 0 radical (unpaired) electrons. The molecule has 0 aromatic carbocycles. The van der Waals surface area contributed by atoms with E-state index in [1.807, 2.05) is 22.6 Å². The van der Waals surface area contributed by atoms with Crippen molar-refractivity contribution in [3.63, 3.8) is 0 Å². The SMILES string of the molecule is N=Nc1ncc(I)nc1N. The van der Waals surface area contributed by atoms with E-state index < -0.39 is 0 Å². The predicted molar refractivity (Wildman–Crippen MR) is 44.0 cm³/mol. The van der Waals surface area contributed by atoms with Crippen molar-refractivity contribution in [1.82, 2.24) is 9.97 Å².